The Balaban J connectivity index is 0.00000144. The fraction of sp³-hybridized carbons (Fsp3) is 0. The van der Waals surface area contributed by atoms with E-state index >= 15 is 0 Å². The first kappa shape index (κ1) is 14.3. The minimum Gasteiger partial charge on any atom is -0.507 e. The van der Waals surface area contributed by atoms with E-state index in [1.165, 1.54) is 12.1 Å². The molecule has 2 aromatic rings. The number of phenolic OH excluding ortho intramolecular Hbond substituents is 1. The van der Waals surface area contributed by atoms with Crippen molar-refractivity contribution in [2.24, 2.45) is 0 Å². The van der Waals surface area contributed by atoms with Gasteiger partial charge < -0.3 is 10.8 Å². The number of fused-ring (bicyclic) bond motifs is 1. The Morgan fingerprint density at radius 1 is 1.12 bits per heavy atom. The van der Waals surface area contributed by atoms with Crippen LogP contribution in [0.15, 0.2) is 35.2 Å². The van der Waals surface area contributed by atoms with Crippen LogP contribution in [0.2, 0.25) is 0 Å². The molecule has 0 saturated heterocycles. The molecule has 0 bridgehead atoms. The van der Waals surface area contributed by atoms with E-state index < -0.39 is 10.1 Å². The molecular weight excluding hydrogens is 253 g/mol. The summed E-state index contributed by atoms with van der Waals surface area (Å²) in [5.74, 6) is -0.238. The molecule has 0 aromatic heterocycles. The van der Waals surface area contributed by atoms with E-state index in [4.69, 9.17) is 10.3 Å². The maximum Gasteiger partial charge on any atom is 0.294 e. The molecule has 7 heteroatoms. The van der Waals surface area contributed by atoms with E-state index in [1.807, 2.05) is 0 Å². The first-order valence-corrected chi connectivity index (χ1v) is 5.82. The van der Waals surface area contributed by atoms with Crippen molar-refractivity contribution in [3.8, 4) is 5.75 Å². The number of anilines is 1. The Morgan fingerprint density at radius 3 is 2.35 bits per heavy atom. The monoisotopic (exact) mass is 262 g/mol. The molecule has 0 aliphatic carbocycles. The molecule has 85 valence electrons. The van der Waals surface area contributed by atoms with Gasteiger partial charge in [-0.15, -0.1) is 0 Å². The van der Waals surface area contributed by atoms with Gasteiger partial charge in [0.05, 0.1) is 4.90 Å². The fourth-order valence-corrected chi connectivity index (χ4v) is 2.01. The number of hydrogen-bond donors (Lipinski definition) is 3. The molecule has 17 heavy (non-hydrogen) atoms. The van der Waals surface area contributed by atoms with Crippen LogP contribution in [0, 0.1) is 0 Å². The van der Waals surface area contributed by atoms with E-state index in [0.717, 1.165) is 6.07 Å². The van der Waals surface area contributed by atoms with Gasteiger partial charge >= 0.3 is 0 Å². The van der Waals surface area contributed by atoms with Crippen LogP contribution < -0.4 is 5.73 Å². The smallest absolute Gasteiger partial charge is 0.294 e. The molecule has 0 fully saturated rings. The largest absolute Gasteiger partial charge is 0.507 e. The summed E-state index contributed by atoms with van der Waals surface area (Å²) in [7, 11) is -4.32. The van der Waals surface area contributed by atoms with E-state index in [1.54, 1.807) is 12.1 Å². The summed E-state index contributed by atoms with van der Waals surface area (Å²) in [5, 5.41) is 10.5. The number of nitrogens with two attached hydrogens (primary N) is 1. The second-order valence-electron chi connectivity index (χ2n) is 3.40. The number of aromatic hydroxyl groups is 1. The Bertz CT molecular complexity index is 669. The zero-order chi connectivity index (χ0) is 11.9. The summed E-state index contributed by atoms with van der Waals surface area (Å²) in [6.45, 7) is 0. The number of rotatable bonds is 1. The summed E-state index contributed by atoms with van der Waals surface area (Å²) in [6, 6.07) is 6.92. The molecule has 1 radical (unpaired) electrons. The van der Waals surface area contributed by atoms with E-state index in [2.05, 4.69) is 0 Å². The van der Waals surface area contributed by atoms with E-state index in [9.17, 15) is 13.5 Å². The number of phenols is 1. The van der Waals surface area contributed by atoms with Crippen molar-refractivity contribution in [1.82, 2.24) is 0 Å². The number of nitrogen functional groups attached to an aromatic ring is 1. The SMILES string of the molecule is Nc1ccc2cc(S(=O)(=O)O)cc(O)c2c1.[Na]. The van der Waals surface area contributed by atoms with Crippen LogP contribution in [0.5, 0.6) is 5.75 Å². The quantitative estimate of drug-likeness (QED) is 0.404. The van der Waals surface area contributed by atoms with Crippen LogP contribution in [0.3, 0.4) is 0 Å². The molecule has 0 aliphatic rings. The van der Waals surface area contributed by atoms with E-state index in [0.29, 0.717) is 16.5 Å². The molecule has 0 heterocycles. The molecule has 0 aliphatic heterocycles. The predicted octanol–water partition coefficient (Wildman–Crippen LogP) is 0.994. The average Bonchev–Trinajstić information content (AvgIpc) is 2.17. The van der Waals surface area contributed by atoms with Crippen LogP contribution in [0.25, 0.3) is 10.8 Å². The third-order valence-corrected chi connectivity index (χ3v) is 3.06. The first-order chi connectivity index (χ1) is 7.38. The minimum atomic E-state index is -4.32. The van der Waals surface area contributed by atoms with Gasteiger partial charge in [-0.1, -0.05) is 6.07 Å². The Kier molecular flexibility index (Phi) is 4.06. The van der Waals surface area contributed by atoms with Crippen LogP contribution in [0.1, 0.15) is 0 Å². The van der Waals surface area contributed by atoms with Gasteiger partial charge in [-0.25, -0.2) is 0 Å². The standard InChI is InChI=1S/C10H9NO4S.Na/c11-7-2-1-6-3-8(16(13,14)15)5-10(12)9(6)4-7;/h1-5,12H,11H2,(H,13,14,15);. The van der Waals surface area contributed by atoms with Gasteiger partial charge in [0.15, 0.2) is 0 Å². The van der Waals surface area contributed by atoms with Gasteiger partial charge in [-0.3, -0.25) is 4.55 Å². The molecule has 0 unspecified atom stereocenters. The maximum atomic E-state index is 10.9. The molecule has 0 amide bonds. The van der Waals surface area contributed by atoms with Crippen molar-refractivity contribution in [3.05, 3.63) is 30.3 Å². The summed E-state index contributed by atoms with van der Waals surface area (Å²) >= 11 is 0. The second kappa shape index (κ2) is 4.83. The van der Waals surface area contributed by atoms with Crippen molar-refractivity contribution in [1.29, 1.82) is 0 Å². The Hall–Kier alpha value is -0.790. The maximum absolute atomic E-state index is 10.9. The zero-order valence-electron chi connectivity index (χ0n) is 9.08. The molecule has 0 saturated carbocycles. The summed E-state index contributed by atoms with van der Waals surface area (Å²) < 4.78 is 30.7. The van der Waals surface area contributed by atoms with Crippen LogP contribution >= 0.6 is 0 Å². The third kappa shape index (κ3) is 2.91. The Labute approximate surface area is 120 Å². The van der Waals surface area contributed by atoms with Gasteiger partial charge in [0.2, 0.25) is 0 Å². The normalized spacial score (nSPS) is 11.1. The number of hydrogen-bond acceptors (Lipinski definition) is 4. The van der Waals surface area contributed by atoms with Gasteiger partial charge in [-0.2, -0.15) is 8.42 Å². The van der Waals surface area contributed by atoms with Crippen LogP contribution in [-0.4, -0.2) is 47.6 Å². The minimum absolute atomic E-state index is 0. The molecule has 0 atom stereocenters. The van der Waals surface area contributed by atoms with Gasteiger partial charge in [-0.05, 0) is 23.6 Å². The zero-order valence-corrected chi connectivity index (χ0v) is 11.9. The second-order valence-corrected chi connectivity index (χ2v) is 4.82. The molecule has 4 N–H and O–H groups in total. The molecule has 0 spiro atoms. The van der Waals surface area contributed by atoms with Crippen molar-refractivity contribution in [2.75, 3.05) is 5.73 Å². The van der Waals surface area contributed by atoms with Crippen LogP contribution in [0.4, 0.5) is 5.69 Å². The number of benzene rings is 2. The van der Waals surface area contributed by atoms with E-state index in [-0.39, 0.29) is 40.2 Å². The van der Waals surface area contributed by atoms with Gasteiger partial charge in [0.25, 0.3) is 10.1 Å². The van der Waals surface area contributed by atoms with Crippen molar-refractivity contribution in [3.63, 3.8) is 0 Å². The summed E-state index contributed by atoms with van der Waals surface area (Å²) in [5.41, 5.74) is 6.00. The van der Waals surface area contributed by atoms with Gasteiger partial charge in [0, 0.05) is 46.7 Å². The van der Waals surface area contributed by atoms with Crippen molar-refractivity contribution < 1.29 is 18.1 Å². The first-order valence-electron chi connectivity index (χ1n) is 4.38. The third-order valence-electron chi connectivity index (χ3n) is 2.23. The molecule has 2 rings (SSSR count). The summed E-state index contributed by atoms with van der Waals surface area (Å²) in [4.78, 5) is -0.345. The molecule has 5 nitrogen and oxygen atoms in total. The Morgan fingerprint density at radius 2 is 1.76 bits per heavy atom. The topological polar surface area (TPSA) is 101 Å². The fourth-order valence-electron chi connectivity index (χ4n) is 1.48. The molecular formula is C10H9NNaO4S. The predicted molar refractivity (Wildman–Crippen MR) is 65.6 cm³/mol. The van der Waals surface area contributed by atoms with Crippen molar-refractivity contribution >= 4 is 56.1 Å². The summed E-state index contributed by atoms with van der Waals surface area (Å²) in [6.07, 6.45) is 0. The van der Waals surface area contributed by atoms with Crippen molar-refractivity contribution in [2.45, 2.75) is 4.90 Å². The van der Waals surface area contributed by atoms with Gasteiger partial charge in [0.1, 0.15) is 5.75 Å². The molecule has 2 aromatic carbocycles. The van der Waals surface area contributed by atoms with Crippen LogP contribution in [-0.2, 0) is 10.1 Å². The average molecular weight is 262 g/mol.